The zero-order valence-corrected chi connectivity index (χ0v) is 10.6. The zero-order chi connectivity index (χ0) is 13.8. The van der Waals surface area contributed by atoms with Gasteiger partial charge in [-0.15, -0.1) is 0 Å². The highest BCUT2D eigenvalue weighted by Gasteiger charge is 2.33. The molecule has 18 heavy (non-hydrogen) atoms. The summed E-state index contributed by atoms with van der Waals surface area (Å²) in [6, 6.07) is 3.64. The molecule has 0 saturated carbocycles. The highest BCUT2D eigenvalue weighted by molar-refractivity contribution is 5.51. The first-order chi connectivity index (χ1) is 8.34. The second-order valence-electron chi connectivity index (χ2n) is 4.45. The van der Waals surface area contributed by atoms with E-state index in [1.165, 1.54) is 12.1 Å². The molecule has 0 heterocycles. The van der Waals surface area contributed by atoms with E-state index in [9.17, 15) is 13.2 Å². The Labute approximate surface area is 105 Å². The molecule has 1 aromatic carbocycles. The molecule has 0 fully saturated rings. The Hall–Kier alpha value is -1.39. The molecule has 0 saturated heterocycles. The van der Waals surface area contributed by atoms with Crippen molar-refractivity contribution in [3.63, 3.8) is 0 Å². The fourth-order valence-electron chi connectivity index (χ4n) is 1.69. The molecule has 0 aliphatic heterocycles. The van der Waals surface area contributed by atoms with Crippen molar-refractivity contribution < 1.29 is 17.9 Å². The molecular formula is C13H18F3NO. The molecule has 1 aromatic rings. The molecule has 2 N–H and O–H groups in total. The van der Waals surface area contributed by atoms with Gasteiger partial charge in [0, 0.05) is 5.69 Å². The molecule has 5 heteroatoms. The predicted molar refractivity (Wildman–Crippen MR) is 65.4 cm³/mol. The number of hydrogen-bond acceptors (Lipinski definition) is 2. The van der Waals surface area contributed by atoms with Gasteiger partial charge in [0.15, 0.2) is 0 Å². The first-order valence-electron chi connectivity index (χ1n) is 5.94. The summed E-state index contributed by atoms with van der Waals surface area (Å²) in [4.78, 5) is 0. The summed E-state index contributed by atoms with van der Waals surface area (Å²) < 4.78 is 43.2. The van der Waals surface area contributed by atoms with E-state index < -0.39 is 11.7 Å². The van der Waals surface area contributed by atoms with Crippen molar-refractivity contribution in [2.24, 2.45) is 5.92 Å². The molecule has 0 aliphatic rings. The quantitative estimate of drug-likeness (QED) is 0.810. The molecule has 0 aliphatic carbocycles. The van der Waals surface area contributed by atoms with Crippen molar-refractivity contribution in [2.45, 2.75) is 32.9 Å². The van der Waals surface area contributed by atoms with Crippen molar-refractivity contribution in [3.05, 3.63) is 23.8 Å². The average molecular weight is 261 g/mol. The number of anilines is 1. The molecule has 0 amide bonds. The Bertz CT molecular complexity index is 390. The number of benzene rings is 1. The molecule has 0 bridgehead atoms. The summed E-state index contributed by atoms with van der Waals surface area (Å²) in [6.45, 7) is 4.47. The molecule has 102 valence electrons. The predicted octanol–water partition coefficient (Wildman–Crippen LogP) is 4.10. The van der Waals surface area contributed by atoms with Gasteiger partial charge in [0.1, 0.15) is 5.75 Å². The largest absolute Gasteiger partial charge is 0.493 e. The number of halogens is 3. The molecule has 0 aromatic heterocycles. The topological polar surface area (TPSA) is 35.2 Å². The minimum atomic E-state index is -4.45. The van der Waals surface area contributed by atoms with Crippen LogP contribution in [0.15, 0.2) is 18.2 Å². The van der Waals surface area contributed by atoms with Gasteiger partial charge in [-0.3, -0.25) is 0 Å². The monoisotopic (exact) mass is 261 g/mol. The lowest BCUT2D eigenvalue weighted by Crippen LogP contribution is -2.11. The Kier molecular flexibility index (Phi) is 4.87. The van der Waals surface area contributed by atoms with Gasteiger partial charge < -0.3 is 10.5 Å². The normalized spacial score (nSPS) is 13.4. The molecule has 1 rings (SSSR count). The molecular weight excluding hydrogens is 243 g/mol. The van der Waals surface area contributed by atoms with Gasteiger partial charge in [0.2, 0.25) is 0 Å². The van der Waals surface area contributed by atoms with E-state index >= 15 is 0 Å². The lowest BCUT2D eigenvalue weighted by atomic mass is 10.1. The number of hydrogen-bond donors (Lipinski definition) is 1. The number of rotatable bonds is 5. The maximum Gasteiger partial charge on any atom is 0.418 e. The molecule has 1 atom stereocenters. The van der Waals surface area contributed by atoms with Crippen LogP contribution >= 0.6 is 0 Å². The van der Waals surface area contributed by atoms with Crippen LogP contribution in [0.25, 0.3) is 0 Å². The van der Waals surface area contributed by atoms with E-state index in [1.54, 1.807) is 0 Å². The first kappa shape index (κ1) is 14.7. The summed E-state index contributed by atoms with van der Waals surface area (Å²) in [6.07, 6.45) is -2.43. The van der Waals surface area contributed by atoms with Gasteiger partial charge in [-0.1, -0.05) is 20.3 Å². The zero-order valence-electron chi connectivity index (χ0n) is 10.6. The number of ether oxygens (including phenoxy) is 1. The minimum absolute atomic E-state index is 0.208. The maximum atomic E-state index is 12.6. The number of nitrogens with two attached hydrogens (primary N) is 1. The Balaban J connectivity index is 2.74. The van der Waals surface area contributed by atoms with E-state index in [1.807, 2.05) is 6.92 Å². The molecule has 2 nitrogen and oxygen atoms in total. The third-order valence-electron chi connectivity index (χ3n) is 2.65. The van der Waals surface area contributed by atoms with Crippen LogP contribution in [0.2, 0.25) is 0 Å². The van der Waals surface area contributed by atoms with E-state index in [0.717, 1.165) is 18.9 Å². The van der Waals surface area contributed by atoms with Gasteiger partial charge in [0.05, 0.1) is 12.2 Å². The fourth-order valence-corrected chi connectivity index (χ4v) is 1.69. The van der Waals surface area contributed by atoms with Gasteiger partial charge in [-0.2, -0.15) is 13.2 Å². The van der Waals surface area contributed by atoms with Crippen LogP contribution in [0, 0.1) is 5.92 Å². The highest BCUT2D eigenvalue weighted by Crippen LogP contribution is 2.35. The van der Waals surface area contributed by atoms with Crippen LogP contribution < -0.4 is 10.5 Å². The Morgan fingerprint density at radius 3 is 2.56 bits per heavy atom. The van der Waals surface area contributed by atoms with Crippen molar-refractivity contribution in [2.75, 3.05) is 12.3 Å². The van der Waals surface area contributed by atoms with Crippen molar-refractivity contribution in [1.29, 1.82) is 0 Å². The van der Waals surface area contributed by atoms with Gasteiger partial charge in [0.25, 0.3) is 0 Å². The molecule has 0 radical (unpaired) electrons. The average Bonchev–Trinajstić information content (AvgIpc) is 2.27. The lowest BCUT2D eigenvalue weighted by Gasteiger charge is -2.15. The van der Waals surface area contributed by atoms with Crippen LogP contribution in [-0.4, -0.2) is 6.61 Å². The smallest absolute Gasteiger partial charge is 0.418 e. The van der Waals surface area contributed by atoms with Crippen molar-refractivity contribution >= 4 is 5.69 Å². The van der Waals surface area contributed by atoms with Crippen LogP contribution in [0.5, 0.6) is 5.75 Å². The summed E-state index contributed by atoms with van der Waals surface area (Å²) in [5.74, 6) is 0.529. The SMILES string of the molecule is CCC[C@@H](C)COc1ccc(N)c(C(F)(F)F)c1. The summed E-state index contributed by atoms with van der Waals surface area (Å²) in [5.41, 5.74) is 4.18. The van der Waals surface area contributed by atoms with Crippen LogP contribution in [-0.2, 0) is 6.18 Å². The Morgan fingerprint density at radius 2 is 2.00 bits per heavy atom. The minimum Gasteiger partial charge on any atom is -0.493 e. The Morgan fingerprint density at radius 1 is 1.33 bits per heavy atom. The fraction of sp³-hybridized carbons (Fsp3) is 0.538. The van der Waals surface area contributed by atoms with E-state index in [4.69, 9.17) is 10.5 Å². The van der Waals surface area contributed by atoms with Crippen LogP contribution in [0.3, 0.4) is 0 Å². The lowest BCUT2D eigenvalue weighted by molar-refractivity contribution is -0.137. The second-order valence-corrected chi connectivity index (χ2v) is 4.45. The van der Waals surface area contributed by atoms with Crippen LogP contribution in [0.1, 0.15) is 32.3 Å². The standard InChI is InChI=1S/C13H18F3NO/c1-3-4-9(2)8-18-10-5-6-12(17)11(7-10)13(14,15)16/h5-7,9H,3-4,8,17H2,1-2H3/t9-/m1/s1. The molecule has 0 spiro atoms. The van der Waals surface area contributed by atoms with Crippen LogP contribution in [0.4, 0.5) is 18.9 Å². The molecule has 0 unspecified atom stereocenters. The number of nitrogen functional groups attached to an aromatic ring is 1. The number of alkyl halides is 3. The summed E-state index contributed by atoms with van der Waals surface area (Å²) >= 11 is 0. The van der Waals surface area contributed by atoms with Gasteiger partial charge in [-0.25, -0.2) is 0 Å². The third-order valence-corrected chi connectivity index (χ3v) is 2.65. The van der Waals surface area contributed by atoms with E-state index in [0.29, 0.717) is 12.5 Å². The van der Waals surface area contributed by atoms with E-state index in [2.05, 4.69) is 6.92 Å². The third kappa shape index (κ3) is 4.13. The van der Waals surface area contributed by atoms with Gasteiger partial charge >= 0.3 is 6.18 Å². The summed E-state index contributed by atoms with van der Waals surface area (Å²) in [7, 11) is 0. The highest BCUT2D eigenvalue weighted by atomic mass is 19.4. The van der Waals surface area contributed by atoms with Crippen molar-refractivity contribution in [3.8, 4) is 5.75 Å². The van der Waals surface area contributed by atoms with E-state index in [-0.39, 0.29) is 11.4 Å². The second kappa shape index (κ2) is 5.98. The first-order valence-corrected chi connectivity index (χ1v) is 5.94. The van der Waals surface area contributed by atoms with Crippen molar-refractivity contribution in [1.82, 2.24) is 0 Å². The van der Waals surface area contributed by atoms with Gasteiger partial charge in [-0.05, 0) is 30.5 Å². The maximum absolute atomic E-state index is 12.6. The summed E-state index contributed by atoms with van der Waals surface area (Å²) in [5, 5.41) is 0.